The Labute approximate surface area is 452 Å². The molecule has 0 radical (unpaired) electrons. The first-order valence-corrected chi connectivity index (χ1v) is 31.9. The lowest BCUT2D eigenvalue weighted by Gasteiger charge is -2.29. The summed E-state index contributed by atoms with van der Waals surface area (Å²) in [6.45, 7) is 4.52. The third kappa shape index (κ3) is 57.2. The normalized spacial score (nSPS) is 14.5. The summed E-state index contributed by atoms with van der Waals surface area (Å²) in [5.41, 5.74) is 0. The summed E-state index contributed by atoms with van der Waals surface area (Å²) in [7, 11) is 1.24. The molecule has 73 heavy (non-hydrogen) atoms. The van der Waals surface area contributed by atoms with E-state index in [0.29, 0.717) is 17.4 Å². The highest BCUT2D eigenvalue weighted by Gasteiger charge is 2.23. The second-order valence-electron chi connectivity index (χ2n) is 21.7. The number of hydrogen-bond acceptors (Lipinski definition) is 6. The minimum atomic E-state index is -4.61. The van der Waals surface area contributed by atoms with Crippen LogP contribution in [0.1, 0.15) is 264 Å². The molecule has 8 nitrogen and oxygen atoms in total. The number of likely N-dealkylation sites (N-methyl/N-ethyl adjacent to an activating group) is 1. The van der Waals surface area contributed by atoms with E-state index in [-0.39, 0.29) is 12.5 Å². The maximum absolute atomic E-state index is 13.0. The number of phosphoric ester groups is 1. The van der Waals surface area contributed by atoms with Gasteiger partial charge in [0.05, 0.1) is 39.9 Å². The number of nitrogens with one attached hydrogen (secondary N) is 1. The number of quaternary nitrogens is 1. The van der Waals surface area contributed by atoms with E-state index >= 15 is 0 Å². The number of amides is 1. The van der Waals surface area contributed by atoms with E-state index in [1.165, 1.54) is 173 Å². The molecule has 0 aliphatic carbocycles. The summed E-state index contributed by atoms with van der Waals surface area (Å²) in [4.78, 5) is 25.5. The first-order chi connectivity index (χ1) is 35.5. The van der Waals surface area contributed by atoms with Gasteiger partial charge < -0.3 is 28.8 Å². The van der Waals surface area contributed by atoms with Crippen LogP contribution in [0.2, 0.25) is 0 Å². The van der Waals surface area contributed by atoms with Gasteiger partial charge in [-0.25, -0.2) is 0 Å². The van der Waals surface area contributed by atoms with E-state index in [4.69, 9.17) is 9.05 Å². The number of aliphatic hydroxyl groups excluding tert-OH is 1. The Kier molecular flexibility index (Phi) is 52.7. The van der Waals surface area contributed by atoms with Gasteiger partial charge in [-0.1, -0.05) is 266 Å². The van der Waals surface area contributed by atoms with Gasteiger partial charge in [-0.2, -0.15) is 0 Å². The first-order valence-electron chi connectivity index (χ1n) is 30.4. The fraction of sp³-hybridized carbons (Fsp3) is 0.766. The summed E-state index contributed by atoms with van der Waals surface area (Å²) in [5.74, 6) is -0.206. The zero-order valence-corrected chi connectivity index (χ0v) is 49.2. The fourth-order valence-corrected chi connectivity index (χ4v) is 9.33. The largest absolute Gasteiger partial charge is 0.756 e. The highest BCUT2D eigenvalue weighted by Crippen LogP contribution is 2.38. The first kappa shape index (κ1) is 70.7. The molecule has 0 aromatic carbocycles. The molecule has 1 amide bonds. The number of allylic oxidation sites excluding steroid dienone is 13. The van der Waals surface area contributed by atoms with E-state index in [1.54, 1.807) is 6.08 Å². The van der Waals surface area contributed by atoms with Crippen LogP contribution in [0.25, 0.3) is 0 Å². The van der Waals surface area contributed by atoms with E-state index in [0.717, 1.165) is 70.6 Å². The van der Waals surface area contributed by atoms with Crippen LogP contribution >= 0.6 is 7.82 Å². The van der Waals surface area contributed by atoms with Gasteiger partial charge in [0.1, 0.15) is 13.2 Å². The summed E-state index contributed by atoms with van der Waals surface area (Å²) in [5, 5.41) is 13.9. The molecule has 3 atom stereocenters. The van der Waals surface area contributed by atoms with Crippen molar-refractivity contribution in [3.63, 3.8) is 0 Å². The Balaban J connectivity index is 4.06. The molecule has 0 aliphatic rings. The summed E-state index contributed by atoms with van der Waals surface area (Å²) in [6.07, 6.45) is 76.8. The molecule has 0 aromatic rings. The van der Waals surface area contributed by atoms with Crippen LogP contribution in [0, 0.1) is 0 Å². The standard InChI is InChI=1S/C64H117N2O6P/c1-6-8-10-12-14-16-18-20-22-24-25-26-27-28-29-30-31-32-33-34-35-36-37-38-39-40-41-42-44-46-48-50-52-54-56-58-64(68)65-62(61-72-73(69,70)71-60-59-66(3,4)5)63(67)57-55-53-51-49-47-45-43-23-21-19-17-15-13-11-9-7-2/h8,10,14,16,20,22,25-26,28-29,47,49,55,57,62-63,67H,6-7,9,11-13,15,17-19,21,23-24,27,30-46,48,50-54,56,58-61H2,1-5H3,(H-,65,68,69,70)/b10-8-,16-14-,22-20-,26-25-,29-28-,49-47+,57-55+. The molecule has 2 N–H and O–H groups in total. The average Bonchev–Trinajstić information content (AvgIpc) is 3.35. The maximum atomic E-state index is 13.0. The van der Waals surface area contributed by atoms with Gasteiger partial charge in [0, 0.05) is 6.42 Å². The molecule has 0 aliphatic heterocycles. The molecule has 0 spiro atoms. The minimum absolute atomic E-state index is 0.00766. The number of rotatable bonds is 55. The number of nitrogens with zero attached hydrogens (tertiary/aromatic N) is 1. The lowest BCUT2D eigenvalue weighted by atomic mass is 10.0. The number of carbonyl (C=O) groups excluding carboxylic acids is 1. The van der Waals surface area contributed by atoms with Gasteiger partial charge in [0.15, 0.2) is 0 Å². The van der Waals surface area contributed by atoms with E-state index in [9.17, 15) is 19.4 Å². The second-order valence-corrected chi connectivity index (χ2v) is 23.1. The topological polar surface area (TPSA) is 108 Å². The van der Waals surface area contributed by atoms with Crippen molar-refractivity contribution in [2.75, 3.05) is 40.9 Å². The Morgan fingerprint density at radius 3 is 1.27 bits per heavy atom. The minimum Gasteiger partial charge on any atom is -0.756 e. The molecule has 0 saturated carbocycles. The molecule has 0 saturated heterocycles. The predicted molar refractivity (Wildman–Crippen MR) is 316 cm³/mol. The second kappa shape index (κ2) is 54.5. The van der Waals surface area contributed by atoms with Crippen molar-refractivity contribution in [2.45, 2.75) is 276 Å². The molecule has 0 aromatic heterocycles. The van der Waals surface area contributed by atoms with Crippen molar-refractivity contribution >= 4 is 13.7 Å². The monoisotopic (exact) mass is 1040 g/mol. The quantitative estimate of drug-likeness (QED) is 0.0272. The molecule has 424 valence electrons. The van der Waals surface area contributed by atoms with Crippen LogP contribution in [0.15, 0.2) is 85.1 Å². The summed E-state index contributed by atoms with van der Waals surface area (Å²) >= 11 is 0. The van der Waals surface area contributed by atoms with Gasteiger partial charge in [-0.05, 0) is 77.0 Å². The van der Waals surface area contributed by atoms with E-state index in [2.05, 4.69) is 92.1 Å². The molecule has 9 heteroatoms. The van der Waals surface area contributed by atoms with Crippen molar-refractivity contribution in [1.29, 1.82) is 0 Å². The zero-order valence-electron chi connectivity index (χ0n) is 48.3. The number of carbonyl (C=O) groups is 1. The predicted octanol–water partition coefficient (Wildman–Crippen LogP) is 18.2. The van der Waals surface area contributed by atoms with E-state index < -0.39 is 26.6 Å². The van der Waals surface area contributed by atoms with Crippen LogP contribution in [0.5, 0.6) is 0 Å². The lowest BCUT2D eigenvalue weighted by molar-refractivity contribution is -0.870. The van der Waals surface area contributed by atoms with Gasteiger partial charge in [-0.15, -0.1) is 0 Å². The van der Waals surface area contributed by atoms with Crippen molar-refractivity contribution in [2.24, 2.45) is 0 Å². The SMILES string of the molecule is CC/C=C\C/C=C\C/C=C\C/C=C\C/C=C\CCCCCCCCCCCCCCCCCCCCCC(=O)NC(COP(=O)([O-])OCC[N+](C)(C)C)C(O)/C=C/CC/C=C/CCCCCCCCCCCC. The Morgan fingerprint density at radius 1 is 0.493 bits per heavy atom. The highest BCUT2D eigenvalue weighted by atomic mass is 31.2. The van der Waals surface area contributed by atoms with Crippen LogP contribution in [0.3, 0.4) is 0 Å². The molecular weight excluding hydrogens is 924 g/mol. The molecule has 0 fully saturated rings. The van der Waals surface area contributed by atoms with Crippen LogP contribution in [-0.2, 0) is 18.4 Å². The summed E-state index contributed by atoms with van der Waals surface area (Å²) in [6, 6.07) is -0.905. The highest BCUT2D eigenvalue weighted by molar-refractivity contribution is 7.45. The van der Waals surface area contributed by atoms with Crippen LogP contribution in [-0.4, -0.2) is 68.5 Å². The third-order valence-electron chi connectivity index (χ3n) is 13.3. The summed E-state index contributed by atoms with van der Waals surface area (Å²) < 4.78 is 23.3. The Hall–Kier alpha value is -2.32. The van der Waals surface area contributed by atoms with Crippen molar-refractivity contribution < 1.29 is 32.9 Å². The molecule has 3 unspecified atom stereocenters. The number of unbranched alkanes of at least 4 members (excludes halogenated alkanes) is 30. The van der Waals surface area contributed by atoms with Crippen LogP contribution in [0.4, 0.5) is 0 Å². The smallest absolute Gasteiger partial charge is 0.268 e. The third-order valence-corrected chi connectivity index (χ3v) is 14.3. The van der Waals surface area contributed by atoms with Crippen molar-refractivity contribution in [3.8, 4) is 0 Å². The number of hydrogen-bond donors (Lipinski definition) is 2. The van der Waals surface area contributed by atoms with E-state index in [1.807, 2.05) is 27.2 Å². The van der Waals surface area contributed by atoms with Gasteiger partial charge in [0.25, 0.3) is 7.82 Å². The van der Waals surface area contributed by atoms with Gasteiger partial charge >= 0.3 is 0 Å². The van der Waals surface area contributed by atoms with Crippen LogP contribution < -0.4 is 10.2 Å². The zero-order chi connectivity index (χ0) is 53.5. The molecular formula is C64H117N2O6P. The van der Waals surface area contributed by atoms with Gasteiger partial charge in [0.2, 0.25) is 5.91 Å². The van der Waals surface area contributed by atoms with Gasteiger partial charge in [-0.3, -0.25) is 9.36 Å². The molecule has 0 heterocycles. The maximum Gasteiger partial charge on any atom is 0.268 e. The molecule has 0 bridgehead atoms. The number of phosphoric acid groups is 1. The molecule has 0 rings (SSSR count). The Morgan fingerprint density at radius 2 is 0.849 bits per heavy atom. The average molecular weight is 1040 g/mol. The fourth-order valence-electron chi connectivity index (χ4n) is 8.61. The van der Waals surface area contributed by atoms with Crippen molar-refractivity contribution in [3.05, 3.63) is 85.1 Å². The lowest BCUT2D eigenvalue weighted by Crippen LogP contribution is -2.45. The Bertz CT molecular complexity index is 1460. The number of aliphatic hydroxyl groups is 1. The van der Waals surface area contributed by atoms with Crippen molar-refractivity contribution in [1.82, 2.24) is 5.32 Å².